The fourth-order valence-electron chi connectivity index (χ4n) is 1.28. The summed E-state index contributed by atoms with van der Waals surface area (Å²) in [6, 6.07) is 3.57. The number of benzene rings is 1. The Morgan fingerprint density at radius 1 is 1.37 bits per heavy atom. The highest BCUT2D eigenvalue weighted by molar-refractivity contribution is 7.89. The highest BCUT2D eigenvalue weighted by Crippen LogP contribution is 2.19. The van der Waals surface area contributed by atoms with Gasteiger partial charge in [0.25, 0.3) is 0 Å². The van der Waals surface area contributed by atoms with Crippen molar-refractivity contribution in [2.24, 2.45) is 5.73 Å². The van der Waals surface area contributed by atoms with Gasteiger partial charge in [-0.05, 0) is 18.2 Å². The van der Waals surface area contributed by atoms with Crippen molar-refractivity contribution in [2.45, 2.75) is 4.90 Å². The van der Waals surface area contributed by atoms with Gasteiger partial charge >= 0.3 is 5.97 Å². The number of nitrogens with one attached hydrogen (secondary N) is 1. The Labute approximate surface area is 109 Å². The van der Waals surface area contributed by atoms with Gasteiger partial charge in [-0.15, -0.1) is 0 Å². The number of rotatable bonds is 5. The van der Waals surface area contributed by atoms with Crippen LogP contribution >= 0.6 is 0 Å². The van der Waals surface area contributed by atoms with Gasteiger partial charge in [-0.25, -0.2) is 17.9 Å². The van der Waals surface area contributed by atoms with Crippen LogP contribution in [0.5, 0.6) is 0 Å². The molecule has 0 unspecified atom stereocenters. The van der Waals surface area contributed by atoms with Crippen molar-refractivity contribution < 1.29 is 22.7 Å². The molecule has 0 atom stereocenters. The number of esters is 1. The molecule has 19 heavy (non-hydrogen) atoms. The van der Waals surface area contributed by atoms with Gasteiger partial charge in [0.1, 0.15) is 4.90 Å². The summed E-state index contributed by atoms with van der Waals surface area (Å²) in [4.78, 5) is 21.5. The third-order valence-electron chi connectivity index (χ3n) is 2.16. The lowest BCUT2D eigenvalue weighted by Crippen LogP contribution is -2.33. The smallest absolute Gasteiger partial charge is 0.337 e. The lowest BCUT2D eigenvalue weighted by atomic mass is 10.2. The van der Waals surface area contributed by atoms with Crippen molar-refractivity contribution in [3.05, 3.63) is 23.8 Å². The molecule has 0 saturated carbocycles. The molecule has 1 aromatic rings. The first-order valence-electron chi connectivity index (χ1n) is 5.03. The van der Waals surface area contributed by atoms with Gasteiger partial charge in [-0.1, -0.05) is 0 Å². The van der Waals surface area contributed by atoms with Crippen LogP contribution in [0.1, 0.15) is 10.4 Å². The second-order valence-electron chi connectivity index (χ2n) is 3.54. The number of ether oxygens (including phenoxy) is 1. The zero-order chi connectivity index (χ0) is 14.6. The number of carbonyl (C=O) groups is 2. The molecule has 0 fully saturated rings. The van der Waals surface area contributed by atoms with E-state index < -0.39 is 28.4 Å². The first-order valence-corrected chi connectivity index (χ1v) is 6.52. The molecule has 1 amide bonds. The Balaban J connectivity index is 3.08. The van der Waals surface area contributed by atoms with E-state index in [0.29, 0.717) is 0 Å². The molecule has 0 bridgehead atoms. The number of primary amides is 1. The third kappa shape index (κ3) is 3.66. The maximum atomic E-state index is 11.8. The third-order valence-corrected chi connectivity index (χ3v) is 3.63. The summed E-state index contributed by atoms with van der Waals surface area (Å²) in [5, 5.41) is 0. The van der Waals surface area contributed by atoms with E-state index in [1.165, 1.54) is 19.2 Å². The second-order valence-corrected chi connectivity index (χ2v) is 5.27. The lowest BCUT2D eigenvalue weighted by molar-refractivity contribution is -0.116. The topological polar surface area (TPSA) is 142 Å². The summed E-state index contributed by atoms with van der Waals surface area (Å²) in [6.07, 6.45) is 0. The zero-order valence-electron chi connectivity index (χ0n) is 10.0. The van der Waals surface area contributed by atoms with Crippen LogP contribution in [-0.4, -0.2) is 33.9 Å². The van der Waals surface area contributed by atoms with Gasteiger partial charge < -0.3 is 16.2 Å². The normalized spacial score (nSPS) is 11.0. The molecule has 8 nitrogen and oxygen atoms in total. The minimum atomic E-state index is -3.96. The van der Waals surface area contributed by atoms with Gasteiger partial charge in [0.15, 0.2) is 0 Å². The molecule has 104 valence electrons. The zero-order valence-corrected chi connectivity index (χ0v) is 10.9. The van der Waals surface area contributed by atoms with Gasteiger partial charge in [-0.2, -0.15) is 0 Å². The lowest BCUT2D eigenvalue weighted by Gasteiger charge is -2.09. The van der Waals surface area contributed by atoms with Crippen molar-refractivity contribution >= 4 is 27.6 Å². The largest absolute Gasteiger partial charge is 0.465 e. The monoisotopic (exact) mass is 287 g/mol. The van der Waals surface area contributed by atoms with Crippen LogP contribution in [0.25, 0.3) is 0 Å². The number of hydrogen-bond donors (Lipinski definition) is 3. The molecule has 0 aliphatic heterocycles. The molecule has 0 radical (unpaired) electrons. The summed E-state index contributed by atoms with van der Waals surface area (Å²) in [5.74, 6) is -1.46. The van der Waals surface area contributed by atoms with Crippen LogP contribution in [0, 0.1) is 0 Å². The van der Waals surface area contributed by atoms with Gasteiger partial charge in [0, 0.05) is 0 Å². The SMILES string of the molecule is COC(=O)c1ccc(S(=O)(=O)NCC(N)=O)c(N)c1. The van der Waals surface area contributed by atoms with Crippen LogP contribution in [0.2, 0.25) is 0 Å². The van der Waals surface area contributed by atoms with E-state index in [2.05, 4.69) is 4.74 Å². The van der Waals surface area contributed by atoms with Crippen LogP contribution in [0.3, 0.4) is 0 Å². The van der Waals surface area contributed by atoms with E-state index in [1.807, 2.05) is 4.72 Å². The maximum absolute atomic E-state index is 11.8. The molecule has 0 heterocycles. The predicted octanol–water partition coefficient (Wildman–Crippen LogP) is -1.18. The summed E-state index contributed by atoms with van der Waals surface area (Å²) in [6.45, 7) is -0.541. The Morgan fingerprint density at radius 3 is 2.47 bits per heavy atom. The van der Waals surface area contributed by atoms with E-state index in [-0.39, 0.29) is 16.1 Å². The van der Waals surface area contributed by atoms with E-state index >= 15 is 0 Å². The van der Waals surface area contributed by atoms with E-state index in [9.17, 15) is 18.0 Å². The van der Waals surface area contributed by atoms with E-state index in [0.717, 1.165) is 6.07 Å². The van der Waals surface area contributed by atoms with Gasteiger partial charge in [0.05, 0.1) is 24.9 Å². The van der Waals surface area contributed by atoms with Crippen LogP contribution in [-0.2, 0) is 19.6 Å². The average Bonchev–Trinajstić information content (AvgIpc) is 2.35. The summed E-state index contributed by atoms with van der Waals surface area (Å²) < 4.78 is 30.0. The first kappa shape index (κ1) is 14.9. The number of nitrogen functional groups attached to an aromatic ring is 1. The predicted molar refractivity (Wildman–Crippen MR) is 66.6 cm³/mol. The van der Waals surface area contributed by atoms with Crippen LogP contribution in [0.15, 0.2) is 23.1 Å². The van der Waals surface area contributed by atoms with E-state index in [1.54, 1.807) is 0 Å². The minimum Gasteiger partial charge on any atom is -0.465 e. The van der Waals surface area contributed by atoms with Crippen molar-refractivity contribution in [1.82, 2.24) is 4.72 Å². The summed E-state index contributed by atoms with van der Waals surface area (Å²) >= 11 is 0. The molecule has 5 N–H and O–H groups in total. The fraction of sp³-hybridized carbons (Fsp3) is 0.200. The Morgan fingerprint density at radius 2 is 2.00 bits per heavy atom. The standard InChI is InChI=1S/C10H13N3O5S/c1-18-10(15)6-2-3-8(7(11)4-6)19(16,17)13-5-9(12)14/h2-4,13H,5,11H2,1H3,(H2,12,14). The summed E-state index contributed by atoms with van der Waals surface area (Å²) in [7, 11) is -2.77. The second kappa shape index (κ2) is 5.67. The quantitative estimate of drug-likeness (QED) is 0.459. The average molecular weight is 287 g/mol. The molecule has 1 rings (SSSR count). The summed E-state index contributed by atoms with van der Waals surface area (Å²) in [5.41, 5.74) is 10.4. The number of amides is 1. The van der Waals surface area contributed by atoms with Gasteiger partial charge in [0.2, 0.25) is 15.9 Å². The van der Waals surface area contributed by atoms with Crippen molar-refractivity contribution in [1.29, 1.82) is 0 Å². The molecule has 0 aliphatic carbocycles. The minimum absolute atomic E-state index is 0.119. The molecular formula is C10H13N3O5S. The molecule has 0 aliphatic rings. The van der Waals surface area contributed by atoms with Crippen LogP contribution < -0.4 is 16.2 Å². The molecular weight excluding hydrogens is 274 g/mol. The molecule has 9 heteroatoms. The van der Waals surface area contributed by atoms with Crippen molar-refractivity contribution in [2.75, 3.05) is 19.4 Å². The Hall–Kier alpha value is -2.13. The van der Waals surface area contributed by atoms with Crippen molar-refractivity contribution in [3.8, 4) is 0 Å². The number of nitrogens with two attached hydrogens (primary N) is 2. The number of methoxy groups -OCH3 is 1. The fourth-order valence-corrected chi connectivity index (χ4v) is 2.39. The number of carbonyl (C=O) groups excluding carboxylic acids is 2. The molecule has 0 aromatic heterocycles. The number of anilines is 1. The van der Waals surface area contributed by atoms with Crippen molar-refractivity contribution in [3.63, 3.8) is 0 Å². The maximum Gasteiger partial charge on any atom is 0.337 e. The van der Waals surface area contributed by atoms with E-state index in [4.69, 9.17) is 11.5 Å². The molecule has 0 saturated heterocycles. The first-order chi connectivity index (χ1) is 8.77. The van der Waals surface area contributed by atoms with Gasteiger partial charge in [-0.3, -0.25) is 4.79 Å². The number of hydrogen-bond acceptors (Lipinski definition) is 6. The number of sulfonamides is 1. The van der Waals surface area contributed by atoms with Crippen LogP contribution in [0.4, 0.5) is 5.69 Å². The highest BCUT2D eigenvalue weighted by atomic mass is 32.2. The molecule has 1 aromatic carbocycles. The molecule has 0 spiro atoms. The Kier molecular flexibility index (Phi) is 4.46. The highest BCUT2D eigenvalue weighted by Gasteiger charge is 2.19. The Bertz CT molecular complexity index is 612.